The van der Waals surface area contributed by atoms with Gasteiger partial charge in [-0.3, -0.25) is 19.3 Å². The number of carbonyl (C=O) groups is 1. The molecule has 1 unspecified atom stereocenters. The maximum absolute atomic E-state index is 12.8. The fourth-order valence-corrected chi connectivity index (χ4v) is 4.01. The van der Waals surface area contributed by atoms with Crippen molar-refractivity contribution in [3.63, 3.8) is 0 Å². The van der Waals surface area contributed by atoms with Crippen LogP contribution in [0.1, 0.15) is 36.3 Å². The van der Waals surface area contributed by atoms with Gasteiger partial charge in [0, 0.05) is 63.7 Å². The highest BCUT2D eigenvalue weighted by Crippen LogP contribution is 2.22. The van der Waals surface area contributed by atoms with Crippen LogP contribution in [0.3, 0.4) is 0 Å². The van der Waals surface area contributed by atoms with Crippen LogP contribution in [0, 0.1) is 5.92 Å². The molecule has 4 heterocycles. The molecule has 0 saturated carbocycles. The SMILES string of the molecule is CN(CCc1ccccn1)C(=O)CC1CCc2nn(Cc3cccnc3)c(=O)n2CC1. The highest BCUT2D eigenvalue weighted by Gasteiger charge is 2.23. The van der Waals surface area contributed by atoms with Gasteiger partial charge in [0.05, 0.1) is 6.54 Å². The smallest absolute Gasteiger partial charge is 0.345 e. The van der Waals surface area contributed by atoms with E-state index in [0.29, 0.717) is 32.5 Å². The molecule has 162 valence electrons. The molecule has 1 amide bonds. The van der Waals surface area contributed by atoms with Gasteiger partial charge in [0.15, 0.2) is 0 Å². The second kappa shape index (κ2) is 9.68. The largest absolute Gasteiger partial charge is 0.346 e. The molecule has 0 N–H and O–H groups in total. The number of amides is 1. The van der Waals surface area contributed by atoms with Gasteiger partial charge in [0.25, 0.3) is 0 Å². The Morgan fingerprint density at radius 2 is 2.10 bits per heavy atom. The predicted molar refractivity (Wildman–Crippen MR) is 116 cm³/mol. The van der Waals surface area contributed by atoms with Gasteiger partial charge < -0.3 is 4.90 Å². The van der Waals surface area contributed by atoms with Crippen molar-refractivity contribution in [1.82, 2.24) is 29.2 Å². The van der Waals surface area contributed by atoms with E-state index in [0.717, 1.165) is 36.3 Å². The minimum Gasteiger partial charge on any atom is -0.345 e. The molecule has 4 rings (SSSR count). The second-order valence-electron chi connectivity index (χ2n) is 8.15. The van der Waals surface area contributed by atoms with Gasteiger partial charge in [0.1, 0.15) is 5.82 Å². The summed E-state index contributed by atoms with van der Waals surface area (Å²) in [5.41, 5.74) is 1.86. The van der Waals surface area contributed by atoms with Crippen LogP contribution in [0.4, 0.5) is 0 Å². The van der Waals surface area contributed by atoms with E-state index >= 15 is 0 Å². The maximum Gasteiger partial charge on any atom is 0.346 e. The van der Waals surface area contributed by atoms with Crippen molar-refractivity contribution in [3.05, 3.63) is 76.5 Å². The third-order valence-electron chi connectivity index (χ3n) is 5.91. The van der Waals surface area contributed by atoms with Gasteiger partial charge in [-0.15, -0.1) is 0 Å². The van der Waals surface area contributed by atoms with E-state index in [1.54, 1.807) is 28.1 Å². The molecular formula is C23H28N6O2. The minimum absolute atomic E-state index is 0.0849. The molecular weight excluding hydrogens is 392 g/mol. The zero-order valence-electron chi connectivity index (χ0n) is 17.9. The van der Waals surface area contributed by atoms with Crippen molar-refractivity contribution in [2.45, 2.75) is 45.2 Å². The van der Waals surface area contributed by atoms with Gasteiger partial charge in [-0.2, -0.15) is 5.10 Å². The Morgan fingerprint density at radius 3 is 2.87 bits per heavy atom. The number of carbonyl (C=O) groups excluding carboxylic acids is 1. The molecule has 1 atom stereocenters. The molecule has 0 fully saturated rings. The Balaban J connectivity index is 1.31. The van der Waals surface area contributed by atoms with E-state index in [1.165, 1.54) is 4.68 Å². The monoisotopic (exact) mass is 420 g/mol. The molecule has 0 bridgehead atoms. The quantitative estimate of drug-likeness (QED) is 0.583. The van der Waals surface area contributed by atoms with Crippen molar-refractivity contribution < 1.29 is 4.79 Å². The van der Waals surface area contributed by atoms with E-state index in [1.807, 2.05) is 37.4 Å². The van der Waals surface area contributed by atoms with Crippen LogP contribution >= 0.6 is 0 Å². The van der Waals surface area contributed by atoms with Gasteiger partial charge in [-0.1, -0.05) is 12.1 Å². The third kappa shape index (κ3) is 5.25. The number of hydrogen-bond donors (Lipinski definition) is 0. The summed E-state index contributed by atoms with van der Waals surface area (Å²) in [4.78, 5) is 35.7. The van der Waals surface area contributed by atoms with Crippen molar-refractivity contribution in [2.24, 2.45) is 5.92 Å². The first-order chi connectivity index (χ1) is 15.1. The Kier molecular flexibility index (Phi) is 6.54. The summed E-state index contributed by atoms with van der Waals surface area (Å²) in [6, 6.07) is 9.63. The lowest BCUT2D eigenvalue weighted by atomic mass is 9.96. The second-order valence-corrected chi connectivity index (χ2v) is 8.15. The van der Waals surface area contributed by atoms with Gasteiger partial charge in [-0.25, -0.2) is 9.48 Å². The Labute approximate surface area is 181 Å². The van der Waals surface area contributed by atoms with Gasteiger partial charge in [-0.05, 0) is 42.5 Å². The Hall–Kier alpha value is -3.29. The van der Waals surface area contributed by atoms with Crippen LogP contribution in [0.25, 0.3) is 0 Å². The summed E-state index contributed by atoms with van der Waals surface area (Å²) in [6.07, 6.45) is 8.89. The highest BCUT2D eigenvalue weighted by molar-refractivity contribution is 5.76. The van der Waals surface area contributed by atoms with Crippen molar-refractivity contribution in [1.29, 1.82) is 0 Å². The summed E-state index contributed by atoms with van der Waals surface area (Å²) in [7, 11) is 1.85. The van der Waals surface area contributed by atoms with E-state index in [2.05, 4.69) is 15.1 Å². The lowest BCUT2D eigenvalue weighted by molar-refractivity contribution is -0.131. The summed E-state index contributed by atoms with van der Waals surface area (Å²) < 4.78 is 3.29. The first-order valence-corrected chi connectivity index (χ1v) is 10.8. The minimum atomic E-state index is -0.0849. The topological polar surface area (TPSA) is 85.9 Å². The van der Waals surface area contributed by atoms with Crippen LogP contribution in [-0.4, -0.2) is 48.7 Å². The summed E-state index contributed by atoms with van der Waals surface area (Å²) in [5, 5.41) is 4.55. The molecule has 3 aromatic rings. The normalized spacial score (nSPS) is 15.8. The number of pyridine rings is 2. The molecule has 31 heavy (non-hydrogen) atoms. The van der Waals surface area contributed by atoms with Crippen LogP contribution in [0.15, 0.2) is 53.7 Å². The van der Waals surface area contributed by atoms with E-state index in [9.17, 15) is 9.59 Å². The summed E-state index contributed by atoms with van der Waals surface area (Å²) in [6.45, 7) is 1.69. The molecule has 0 aliphatic carbocycles. The number of fused-ring (bicyclic) bond motifs is 1. The highest BCUT2D eigenvalue weighted by atomic mass is 16.2. The summed E-state index contributed by atoms with van der Waals surface area (Å²) in [5.74, 6) is 1.22. The van der Waals surface area contributed by atoms with E-state index in [-0.39, 0.29) is 17.5 Å². The van der Waals surface area contributed by atoms with Crippen molar-refractivity contribution in [2.75, 3.05) is 13.6 Å². The van der Waals surface area contributed by atoms with Crippen molar-refractivity contribution >= 4 is 5.91 Å². The lowest BCUT2D eigenvalue weighted by Gasteiger charge is -2.20. The number of hydrogen-bond acceptors (Lipinski definition) is 5. The van der Waals surface area contributed by atoms with Crippen LogP contribution in [-0.2, 0) is 30.7 Å². The van der Waals surface area contributed by atoms with Crippen LogP contribution in [0.2, 0.25) is 0 Å². The standard InChI is InChI=1S/C23H28N6O2/c1-27(13-10-20-6-2-3-12-25-20)22(30)15-18-7-8-21-26-29(23(31)28(21)14-9-18)17-19-5-4-11-24-16-19/h2-6,11-12,16,18H,7-10,13-15,17H2,1H3. The average molecular weight is 421 g/mol. The molecule has 1 aliphatic rings. The van der Waals surface area contributed by atoms with Crippen LogP contribution in [0.5, 0.6) is 0 Å². The lowest BCUT2D eigenvalue weighted by Crippen LogP contribution is -2.31. The third-order valence-corrected chi connectivity index (χ3v) is 5.91. The van der Waals surface area contributed by atoms with Gasteiger partial charge >= 0.3 is 5.69 Å². The maximum atomic E-state index is 12.8. The molecule has 0 aromatic carbocycles. The fraction of sp³-hybridized carbons (Fsp3) is 0.435. The van der Waals surface area contributed by atoms with E-state index < -0.39 is 0 Å². The molecule has 8 heteroatoms. The number of aromatic nitrogens is 5. The molecule has 1 aliphatic heterocycles. The number of aryl methyl sites for hydroxylation is 1. The molecule has 0 saturated heterocycles. The molecule has 0 spiro atoms. The Bertz CT molecular complexity index is 1060. The number of nitrogens with zero attached hydrogens (tertiary/aromatic N) is 6. The van der Waals surface area contributed by atoms with Crippen LogP contribution < -0.4 is 5.69 Å². The average Bonchev–Trinajstić information content (AvgIpc) is 2.95. The number of rotatable bonds is 7. The Morgan fingerprint density at radius 1 is 1.19 bits per heavy atom. The fourth-order valence-electron chi connectivity index (χ4n) is 4.01. The zero-order valence-corrected chi connectivity index (χ0v) is 17.9. The van der Waals surface area contributed by atoms with Crippen molar-refractivity contribution in [3.8, 4) is 0 Å². The predicted octanol–water partition coefficient (Wildman–Crippen LogP) is 1.93. The van der Waals surface area contributed by atoms with Gasteiger partial charge in [0.2, 0.25) is 5.91 Å². The first-order valence-electron chi connectivity index (χ1n) is 10.8. The van der Waals surface area contributed by atoms with E-state index in [4.69, 9.17) is 0 Å². The zero-order chi connectivity index (χ0) is 21.6. The first kappa shape index (κ1) is 21.0. The number of likely N-dealkylation sites (N-methyl/N-ethyl adjacent to an activating group) is 1. The summed E-state index contributed by atoms with van der Waals surface area (Å²) >= 11 is 0. The molecule has 8 nitrogen and oxygen atoms in total. The molecule has 0 radical (unpaired) electrons. The molecule has 3 aromatic heterocycles.